The van der Waals surface area contributed by atoms with Gasteiger partial charge in [0.2, 0.25) is 0 Å². The van der Waals surface area contributed by atoms with E-state index in [9.17, 15) is 9.18 Å². The second-order valence-electron chi connectivity index (χ2n) is 4.26. The van der Waals surface area contributed by atoms with Crippen LogP contribution in [0.1, 0.15) is 15.9 Å². The summed E-state index contributed by atoms with van der Waals surface area (Å²) in [5.74, 6) is 4.95. The van der Waals surface area contributed by atoms with Gasteiger partial charge in [0.05, 0.1) is 0 Å². The number of halogens is 2. The number of nitrogen functional groups attached to an aromatic ring is 2. The highest BCUT2D eigenvalue weighted by molar-refractivity contribution is 9.10. The Balaban J connectivity index is 2.11. The first-order valence-electron chi connectivity index (χ1n) is 5.98. The Morgan fingerprint density at radius 3 is 2.67 bits per heavy atom. The number of thioether (sulfide) groups is 1. The first kappa shape index (κ1) is 15.8. The molecule has 0 aliphatic rings. The van der Waals surface area contributed by atoms with Gasteiger partial charge in [0.25, 0.3) is 5.91 Å². The molecule has 0 atom stereocenters. The molecule has 0 unspecified atom stereocenters. The predicted octanol–water partition coefficient (Wildman–Crippen LogP) is 3.07. The first-order valence-corrected chi connectivity index (χ1v) is 7.76. The van der Waals surface area contributed by atoms with Crippen LogP contribution in [0.2, 0.25) is 0 Å². The number of amides is 1. The van der Waals surface area contributed by atoms with E-state index in [1.807, 2.05) is 0 Å². The SMILES string of the molecule is NNC(=O)c1ccc(CSc2ccc(N)cc2F)c(Br)c1. The average molecular weight is 370 g/mol. The van der Waals surface area contributed by atoms with E-state index in [1.54, 1.807) is 30.3 Å². The molecule has 0 saturated carbocycles. The number of carbonyl (C=O) groups excluding carboxylic acids is 1. The van der Waals surface area contributed by atoms with E-state index in [0.29, 0.717) is 21.9 Å². The summed E-state index contributed by atoms with van der Waals surface area (Å²) in [7, 11) is 0. The maximum Gasteiger partial charge on any atom is 0.265 e. The lowest BCUT2D eigenvalue weighted by atomic mass is 10.1. The fourth-order valence-electron chi connectivity index (χ4n) is 1.68. The molecule has 1 amide bonds. The van der Waals surface area contributed by atoms with Gasteiger partial charge in [-0.3, -0.25) is 10.2 Å². The second-order valence-corrected chi connectivity index (χ2v) is 6.13. The van der Waals surface area contributed by atoms with Gasteiger partial charge in [0, 0.05) is 26.4 Å². The highest BCUT2D eigenvalue weighted by Crippen LogP contribution is 2.30. The topological polar surface area (TPSA) is 81.1 Å². The van der Waals surface area contributed by atoms with Crippen molar-refractivity contribution in [3.05, 3.63) is 57.8 Å². The van der Waals surface area contributed by atoms with E-state index >= 15 is 0 Å². The third-order valence-corrected chi connectivity index (χ3v) is 4.62. The minimum Gasteiger partial charge on any atom is -0.399 e. The van der Waals surface area contributed by atoms with Crippen molar-refractivity contribution in [3.63, 3.8) is 0 Å². The van der Waals surface area contributed by atoms with Gasteiger partial charge in [0.15, 0.2) is 0 Å². The molecule has 0 fully saturated rings. The van der Waals surface area contributed by atoms with Crippen LogP contribution in [-0.4, -0.2) is 5.91 Å². The Labute approximate surface area is 134 Å². The summed E-state index contributed by atoms with van der Waals surface area (Å²) in [4.78, 5) is 11.9. The van der Waals surface area contributed by atoms with Gasteiger partial charge in [-0.25, -0.2) is 10.2 Å². The molecule has 0 saturated heterocycles. The number of carbonyl (C=O) groups is 1. The molecule has 0 bridgehead atoms. The van der Waals surface area contributed by atoms with Crippen LogP contribution in [0.4, 0.5) is 10.1 Å². The average Bonchev–Trinajstić information content (AvgIpc) is 2.46. The van der Waals surface area contributed by atoms with E-state index in [0.717, 1.165) is 10.0 Å². The number of rotatable bonds is 4. The molecule has 0 aliphatic heterocycles. The third-order valence-electron chi connectivity index (χ3n) is 2.79. The van der Waals surface area contributed by atoms with Gasteiger partial charge in [0.1, 0.15) is 5.82 Å². The molecule has 0 spiro atoms. The zero-order valence-corrected chi connectivity index (χ0v) is 13.3. The smallest absolute Gasteiger partial charge is 0.265 e. The summed E-state index contributed by atoms with van der Waals surface area (Å²) in [6, 6.07) is 9.76. The molecule has 0 aromatic heterocycles. The summed E-state index contributed by atoms with van der Waals surface area (Å²) < 4.78 is 14.5. The Hall–Kier alpha value is -1.57. The Morgan fingerprint density at radius 1 is 1.29 bits per heavy atom. The Morgan fingerprint density at radius 2 is 2.05 bits per heavy atom. The highest BCUT2D eigenvalue weighted by Gasteiger charge is 2.09. The van der Waals surface area contributed by atoms with Crippen LogP contribution in [0, 0.1) is 5.82 Å². The zero-order chi connectivity index (χ0) is 15.4. The molecule has 0 heterocycles. The fourth-order valence-corrected chi connectivity index (χ4v) is 3.31. The van der Waals surface area contributed by atoms with Crippen molar-refractivity contribution in [1.82, 2.24) is 5.43 Å². The van der Waals surface area contributed by atoms with Crippen LogP contribution >= 0.6 is 27.7 Å². The number of nitrogens with two attached hydrogens (primary N) is 2. The minimum atomic E-state index is -0.362. The lowest BCUT2D eigenvalue weighted by molar-refractivity contribution is 0.0953. The van der Waals surface area contributed by atoms with Gasteiger partial charge >= 0.3 is 0 Å². The maximum absolute atomic E-state index is 13.7. The van der Waals surface area contributed by atoms with Crippen molar-refractivity contribution >= 4 is 39.3 Å². The number of anilines is 1. The number of benzene rings is 2. The standard InChI is InChI=1S/C14H13BrFN3OS/c15-11-5-8(14(20)19-18)1-2-9(11)7-21-13-4-3-10(17)6-12(13)16/h1-6H,7,17-18H2,(H,19,20). The van der Waals surface area contributed by atoms with E-state index in [1.165, 1.54) is 17.8 Å². The number of hydrazine groups is 1. The second kappa shape index (κ2) is 6.93. The van der Waals surface area contributed by atoms with Crippen molar-refractivity contribution in [3.8, 4) is 0 Å². The zero-order valence-electron chi connectivity index (χ0n) is 10.9. The van der Waals surface area contributed by atoms with Crippen molar-refractivity contribution in [1.29, 1.82) is 0 Å². The lowest BCUT2D eigenvalue weighted by Gasteiger charge is -2.08. The molecule has 5 N–H and O–H groups in total. The molecule has 2 rings (SSSR count). The highest BCUT2D eigenvalue weighted by atomic mass is 79.9. The molecule has 0 aliphatic carbocycles. The Kier molecular flexibility index (Phi) is 5.22. The van der Waals surface area contributed by atoms with Crippen molar-refractivity contribution in [2.75, 3.05) is 5.73 Å². The van der Waals surface area contributed by atoms with Gasteiger partial charge < -0.3 is 5.73 Å². The van der Waals surface area contributed by atoms with E-state index in [-0.39, 0.29) is 11.7 Å². The largest absolute Gasteiger partial charge is 0.399 e. The first-order chi connectivity index (χ1) is 10.0. The maximum atomic E-state index is 13.7. The van der Waals surface area contributed by atoms with Crippen molar-refractivity contribution in [2.45, 2.75) is 10.6 Å². The molecule has 2 aromatic rings. The van der Waals surface area contributed by atoms with E-state index in [4.69, 9.17) is 11.6 Å². The summed E-state index contributed by atoms with van der Waals surface area (Å²) in [6.45, 7) is 0. The summed E-state index contributed by atoms with van der Waals surface area (Å²) in [5.41, 5.74) is 9.39. The summed E-state index contributed by atoms with van der Waals surface area (Å²) >= 11 is 4.76. The van der Waals surface area contributed by atoms with Gasteiger partial charge in [-0.05, 0) is 35.9 Å². The van der Waals surface area contributed by atoms with Crippen LogP contribution in [-0.2, 0) is 5.75 Å². The van der Waals surface area contributed by atoms with Crippen LogP contribution in [0.25, 0.3) is 0 Å². The van der Waals surface area contributed by atoms with E-state index < -0.39 is 0 Å². The molecule has 0 radical (unpaired) electrons. The van der Waals surface area contributed by atoms with Crippen molar-refractivity contribution < 1.29 is 9.18 Å². The monoisotopic (exact) mass is 369 g/mol. The summed E-state index contributed by atoms with van der Waals surface area (Å²) in [6.07, 6.45) is 0. The number of nitrogens with one attached hydrogen (secondary N) is 1. The lowest BCUT2D eigenvalue weighted by Crippen LogP contribution is -2.29. The quantitative estimate of drug-likeness (QED) is 0.254. The molecule has 7 heteroatoms. The van der Waals surface area contributed by atoms with Gasteiger partial charge in [-0.15, -0.1) is 11.8 Å². The van der Waals surface area contributed by atoms with E-state index in [2.05, 4.69) is 21.4 Å². The molecule has 4 nitrogen and oxygen atoms in total. The molecule has 2 aromatic carbocycles. The third kappa shape index (κ3) is 3.96. The predicted molar refractivity (Wildman–Crippen MR) is 86.2 cm³/mol. The van der Waals surface area contributed by atoms with Crippen LogP contribution in [0.5, 0.6) is 0 Å². The van der Waals surface area contributed by atoms with Crippen LogP contribution in [0.3, 0.4) is 0 Å². The minimum absolute atomic E-state index is 0.338. The normalized spacial score (nSPS) is 10.4. The molecular formula is C14H13BrFN3OS. The summed E-state index contributed by atoms with van der Waals surface area (Å²) in [5, 5.41) is 0. The molecular weight excluding hydrogens is 357 g/mol. The van der Waals surface area contributed by atoms with Gasteiger partial charge in [-0.2, -0.15) is 0 Å². The van der Waals surface area contributed by atoms with Crippen LogP contribution in [0.15, 0.2) is 45.8 Å². The fraction of sp³-hybridized carbons (Fsp3) is 0.0714. The van der Waals surface area contributed by atoms with Gasteiger partial charge in [-0.1, -0.05) is 22.0 Å². The number of hydrogen-bond acceptors (Lipinski definition) is 4. The van der Waals surface area contributed by atoms with Crippen molar-refractivity contribution in [2.24, 2.45) is 5.84 Å². The number of hydrogen-bond donors (Lipinski definition) is 3. The van der Waals surface area contributed by atoms with Crippen LogP contribution < -0.4 is 17.0 Å². The molecule has 110 valence electrons. The molecule has 21 heavy (non-hydrogen) atoms. The Bertz CT molecular complexity index is 681.